The number of halogens is 7. The number of hydrogen-bond donors (Lipinski definition) is 2. The van der Waals surface area contributed by atoms with Crippen LogP contribution >= 0.6 is 0 Å². The third kappa shape index (κ3) is 14.5. The number of carboxylic acid groups (broad SMARTS) is 2. The van der Waals surface area contributed by atoms with Crippen molar-refractivity contribution < 1.29 is 55.3 Å². The van der Waals surface area contributed by atoms with Gasteiger partial charge in [-0.05, 0) is 57.6 Å². The highest BCUT2D eigenvalue weighted by Crippen LogP contribution is 2.21. The van der Waals surface area contributed by atoms with E-state index >= 15 is 0 Å². The maximum atomic E-state index is 13.3. The second-order valence-corrected chi connectivity index (χ2v) is 7.87. The molecule has 2 atom stereocenters. The summed E-state index contributed by atoms with van der Waals surface area (Å²) in [7, 11) is 4.21. The Kier molecular flexibility index (Phi) is 13.8. The number of carboxylic acids is 2. The minimum Gasteiger partial charge on any atom is -0.475 e. The first-order valence-electron chi connectivity index (χ1n) is 10.3. The molecule has 1 fully saturated rings. The number of benzene rings is 1. The Morgan fingerprint density at radius 1 is 1.09 bits per heavy atom. The van der Waals surface area contributed by atoms with Crippen molar-refractivity contribution in [2.24, 2.45) is 5.92 Å². The van der Waals surface area contributed by atoms with Crippen molar-refractivity contribution >= 4 is 11.9 Å². The van der Waals surface area contributed by atoms with E-state index in [0.717, 1.165) is 44.8 Å². The zero-order valence-corrected chi connectivity index (χ0v) is 19.4. The Hall–Kier alpha value is -2.45. The molecule has 2 N–H and O–H groups in total. The van der Waals surface area contributed by atoms with Gasteiger partial charge in [-0.2, -0.15) is 26.3 Å². The van der Waals surface area contributed by atoms with Gasteiger partial charge in [-0.3, -0.25) is 4.90 Å². The molecule has 1 aromatic carbocycles. The van der Waals surface area contributed by atoms with E-state index in [4.69, 9.17) is 24.5 Å². The molecule has 0 aliphatic carbocycles. The van der Waals surface area contributed by atoms with E-state index in [0.29, 0.717) is 12.0 Å². The molecule has 0 amide bonds. The van der Waals surface area contributed by atoms with E-state index < -0.39 is 24.3 Å². The van der Waals surface area contributed by atoms with Crippen LogP contribution in [-0.4, -0.2) is 90.7 Å². The first-order valence-corrected chi connectivity index (χ1v) is 10.3. The molecule has 0 aromatic heterocycles. The number of hydrogen-bond acceptors (Lipinski definition) is 5. The molecule has 1 heterocycles. The van der Waals surface area contributed by atoms with Gasteiger partial charge in [0.25, 0.3) is 0 Å². The molecule has 0 bridgehead atoms. The molecule has 1 saturated heterocycles. The van der Waals surface area contributed by atoms with E-state index in [-0.39, 0.29) is 5.82 Å². The molecule has 7 nitrogen and oxygen atoms in total. The van der Waals surface area contributed by atoms with Crippen LogP contribution in [0.25, 0.3) is 0 Å². The van der Waals surface area contributed by atoms with Gasteiger partial charge < -0.3 is 19.8 Å². The van der Waals surface area contributed by atoms with Crippen LogP contribution in [-0.2, 0) is 20.9 Å². The molecule has 0 spiro atoms. The summed E-state index contributed by atoms with van der Waals surface area (Å²) >= 11 is 0. The molecular weight excluding hydrogens is 493 g/mol. The molecule has 0 unspecified atom stereocenters. The smallest absolute Gasteiger partial charge is 0.475 e. The Bertz CT molecular complexity index is 764. The predicted octanol–water partition coefficient (Wildman–Crippen LogP) is 3.88. The van der Waals surface area contributed by atoms with Crippen LogP contribution in [0.15, 0.2) is 24.3 Å². The van der Waals surface area contributed by atoms with Gasteiger partial charge >= 0.3 is 24.3 Å². The predicted molar refractivity (Wildman–Crippen MR) is 111 cm³/mol. The van der Waals surface area contributed by atoms with E-state index in [1.165, 1.54) is 6.07 Å². The highest BCUT2D eigenvalue weighted by molar-refractivity contribution is 5.73. The lowest BCUT2D eigenvalue weighted by molar-refractivity contribution is -0.193. The van der Waals surface area contributed by atoms with Gasteiger partial charge in [0.15, 0.2) is 0 Å². The summed E-state index contributed by atoms with van der Waals surface area (Å²) < 4.78 is 82.6. The number of nitrogens with zero attached hydrogens (tertiary/aromatic N) is 2. The van der Waals surface area contributed by atoms with Crippen molar-refractivity contribution in [2.75, 3.05) is 40.4 Å². The molecule has 14 heteroatoms. The van der Waals surface area contributed by atoms with Gasteiger partial charge in [0.05, 0.1) is 13.2 Å². The van der Waals surface area contributed by atoms with E-state index in [9.17, 15) is 30.7 Å². The summed E-state index contributed by atoms with van der Waals surface area (Å²) in [6.07, 6.45) is -9.03. The quantitative estimate of drug-likeness (QED) is 0.568. The molecule has 1 aliphatic rings. The van der Waals surface area contributed by atoms with Crippen LogP contribution < -0.4 is 0 Å². The highest BCUT2D eigenvalue weighted by atomic mass is 19.4. The third-order valence-corrected chi connectivity index (χ3v) is 4.82. The Balaban J connectivity index is 0.000000680. The molecule has 1 aliphatic heterocycles. The minimum absolute atomic E-state index is 0.157. The van der Waals surface area contributed by atoms with Gasteiger partial charge in [-0.1, -0.05) is 12.1 Å². The van der Waals surface area contributed by atoms with Crippen molar-refractivity contribution in [1.29, 1.82) is 0 Å². The van der Waals surface area contributed by atoms with E-state index in [2.05, 4.69) is 30.8 Å². The zero-order valence-electron chi connectivity index (χ0n) is 19.4. The number of ether oxygens (including phenoxy) is 1. The van der Waals surface area contributed by atoms with Crippen molar-refractivity contribution in [3.8, 4) is 0 Å². The van der Waals surface area contributed by atoms with Gasteiger partial charge in [0.2, 0.25) is 0 Å². The number of aliphatic carboxylic acids is 2. The third-order valence-electron chi connectivity index (χ3n) is 4.82. The SMILES string of the molecule is C[C@H]1[C@H](CCN(C)C)COCCN1Cc1cccc(F)c1.O=C(O)C(F)(F)F.O=C(O)C(F)(F)F. The Labute approximate surface area is 198 Å². The Morgan fingerprint density at radius 3 is 2.03 bits per heavy atom. The van der Waals surface area contributed by atoms with Crippen LogP contribution in [0.4, 0.5) is 30.7 Å². The molecule has 202 valence electrons. The molecule has 2 rings (SSSR count). The summed E-state index contributed by atoms with van der Waals surface area (Å²) in [6.45, 7) is 6.64. The maximum absolute atomic E-state index is 13.3. The fourth-order valence-electron chi connectivity index (χ4n) is 2.90. The summed E-state index contributed by atoms with van der Waals surface area (Å²) in [5.41, 5.74) is 1.04. The van der Waals surface area contributed by atoms with Crippen LogP contribution in [0, 0.1) is 11.7 Å². The molecule has 1 aromatic rings. The second kappa shape index (κ2) is 14.8. The zero-order chi connectivity index (χ0) is 27.4. The first-order chi connectivity index (χ1) is 15.9. The first kappa shape index (κ1) is 32.5. The van der Waals surface area contributed by atoms with Crippen LogP contribution in [0.5, 0.6) is 0 Å². The fourth-order valence-corrected chi connectivity index (χ4v) is 2.90. The van der Waals surface area contributed by atoms with Gasteiger partial charge in [-0.25, -0.2) is 14.0 Å². The highest BCUT2D eigenvalue weighted by Gasteiger charge is 2.38. The molecule has 0 saturated carbocycles. The molecular formula is C21H29F7N2O5. The van der Waals surface area contributed by atoms with Crippen molar-refractivity contribution in [2.45, 2.75) is 38.3 Å². The normalized spacial score (nSPS) is 19.1. The largest absolute Gasteiger partial charge is 0.490 e. The van der Waals surface area contributed by atoms with Gasteiger partial charge in [0.1, 0.15) is 5.82 Å². The van der Waals surface area contributed by atoms with Crippen LogP contribution in [0.3, 0.4) is 0 Å². The standard InChI is InChI=1S/C17H27FN2O.2C2HF3O2/c1-14-16(7-8-19(2)3)13-21-10-9-20(14)12-15-5-4-6-17(18)11-15;2*3-2(4,5)1(6)7/h4-6,11,14,16H,7-10,12-13H2,1-3H3;2*(H,6,7)/t14-,16+;;/m0../s1. The number of carbonyl (C=O) groups is 2. The topological polar surface area (TPSA) is 90.3 Å². The summed E-state index contributed by atoms with van der Waals surface area (Å²) in [6, 6.07) is 7.37. The van der Waals surface area contributed by atoms with Crippen molar-refractivity contribution in [1.82, 2.24) is 9.80 Å². The molecule has 35 heavy (non-hydrogen) atoms. The average molecular weight is 522 g/mol. The monoisotopic (exact) mass is 522 g/mol. The van der Waals surface area contributed by atoms with Crippen molar-refractivity contribution in [3.05, 3.63) is 35.6 Å². The summed E-state index contributed by atoms with van der Waals surface area (Å²) in [5.74, 6) is -5.14. The van der Waals surface area contributed by atoms with E-state index in [1.807, 2.05) is 6.07 Å². The lowest BCUT2D eigenvalue weighted by Crippen LogP contribution is -2.39. The van der Waals surface area contributed by atoms with Gasteiger partial charge in [0, 0.05) is 19.1 Å². The summed E-state index contributed by atoms with van der Waals surface area (Å²) in [5, 5.41) is 14.2. The minimum atomic E-state index is -5.08. The fraction of sp³-hybridized carbons (Fsp3) is 0.619. The lowest BCUT2D eigenvalue weighted by Gasteiger charge is -2.32. The van der Waals surface area contributed by atoms with Crippen LogP contribution in [0.1, 0.15) is 18.9 Å². The number of alkyl halides is 6. The molecule has 0 radical (unpaired) electrons. The average Bonchev–Trinajstić information content (AvgIpc) is 2.87. The van der Waals surface area contributed by atoms with Crippen LogP contribution in [0.2, 0.25) is 0 Å². The van der Waals surface area contributed by atoms with E-state index in [1.54, 1.807) is 12.1 Å². The van der Waals surface area contributed by atoms with Gasteiger partial charge in [-0.15, -0.1) is 0 Å². The second-order valence-electron chi connectivity index (χ2n) is 7.87. The summed E-state index contributed by atoms with van der Waals surface area (Å²) in [4.78, 5) is 22.4. The van der Waals surface area contributed by atoms with Crippen molar-refractivity contribution in [3.63, 3.8) is 0 Å². The lowest BCUT2D eigenvalue weighted by atomic mass is 9.96. The Morgan fingerprint density at radius 2 is 1.60 bits per heavy atom. The maximum Gasteiger partial charge on any atom is 0.490 e. The number of rotatable bonds is 5.